The van der Waals surface area contributed by atoms with E-state index >= 15 is 0 Å². The van der Waals surface area contributed by atoms with Gasteiger partial charge in [-0.05, 0) is 108 Å². The Labute approximate surface area is 265 Å². The van der Waals surface area contributed by atoms with Crippen LogP contribution in [0, 0.1) is 0 Å². The molecule has 0 amide bonds. The van der Waals surface area contributed by atoms with Crippen molar-refractivity contribution in [2.75, 3.05) is 13.2 Å². The highest BCUT2D eigenvalue weighted by Gasteiger charge is 2.21. The number of phenols is 1. The van der Waals surface area contributed by atoms with E-state index in [4.69, 9.17) is 14.5 Å². The second-order valence-electron chi connectivity index (χ2n) is 11.3. The summed E-state index contributed by atoms with van der Waals surface area (Å²) in [5, 5.41) is 13.4. The van der Waals surface area contributed by atoms with Gasteiger partial charge in [-0.3, -0.25) is 9.20 Å². The minimum atomic E-state index is -0.111. The molecule has 0 radical (unpaired) electrons. The van der Waals surface area contributed by atoms with Crippen molar-refractivity contribution in [3.63, 3.8) is 0 Å². The van der Waals surface area contributed by atoms with Gasteiger partial charge < -0.3 is 14.6 Å². The van der Waals surface area contributed by atoms with Gasteiger partial charge in [-0.1, -0.05) is 54.6 Å². The van der Waals surface area contributed by atoms with E-state index in [1.165, 1.54) is 0 Å². The molecule has 224 valence electrons. The van der Waals surface area contributed by atoms with Crippen LogP contribution in [0.25, 0.3) is 71.6 Å². The molecule has 8 rings (SSSR count). The van der Waals surface area contributed by atoms with E-state index in [2.05, 4.69) is 36.4 Å². The first-order valence-electron chi connectivity index (χ1n) is 15.5. The zero-order valence-electron chi connectivity index (χ0n) is 25.5. The number of pyridine rings is 1. The fraction of sp³-hybridized carbons (Fsp3) is 0.100. The van der Waals surface area contributed by atoms with E-state index in [-0.39, 0.29) is 11.3 Å². The average Bonchev–Trinajstić information content (AvgIpc) is 3.48. The predicted molar refractivity (Wildman–Crippen MR) is 185 cm³/mol. The number of imidazole rings is 1. The van der Waals surface area contributed by atoms with Gasteiger partial charge in [0.15, 0.2) is 0 Å². The van der Waals surface area contributed by atoms with Gasteiger partial charge in [-0.2, -0.15) is 0 Å². The molecule has 0 unspecified atom stereocenters. The van der Waals surface area contributed by atoms with Crippen LogP contribution in [0.4, 0.5) is 0 Å². The number of phenolic OH excluding ortho intramolecular Hbond substituents is 1. The summed E-state index contributed by atoms with van der Waals surface area (Å²) in [5.41, 5.74) is 7.79. The van der Waals surface area contributed by atoms with Crippen molar-refractivity contribution in [1.82, 2.24) is 9.38 Å². The highest BCUT2D eigenvalue weighted by molar-refractivity contribution is 6.19. The van der Waals surface area contributed by atoms with Crippen LogP contribution in [0.3, 0.4) is 0 Å². The first-order valence-corrected chi connectivity index (χ1v) is 15.5. The summed E-state index contributed by atoms with van der Waals surface area (Å²) >= 11 is 0. The molecular formula is C40H30N2O4. The zero-order chi connectivity index (χ0) is 31.4. The first kappa shape index (κ1) is 27.7. The molecule has 0 aliphatic carbocycles. The van der Waals surface area contributed by atoms with Crippen molar-refractivity contribution in [2.45, 2.75) is 13.8 Å². The van der Waals surface area contributed by atoms with Gasteiger partial charge >= 0.3 is 0 Å². The van der Waals surface area contributed by atoms with E-state index in [1.807, 2.05) is 80.6 Å². The van der Waals surface area contributed by atoms with Gasteiger partial charge in [0.2, 0.25) is 0 Å². The van der Waals surface area contributed by atoms with Crippen molar-refractivity contribution < 1.29 is 14.6 Å². The maximum absolute atomic E-state index is 14.4. The summed E-state index contributed by atoms with van der Waals surface area (Å²) in [6.45, 7) is 5.13. The van der Waals surface area contributed by atoms with Gasteiger partial charge in [-0.15, -0.1) is 0 Å². The molecule has 8 aromatic rings. The lowest BCUT2D eigenvalue weighted by Crippen LogP contribution is -2.13. The Morgan fingerprint density at radius 2 is 1.24 bits per heavy atom. The lowest BCUT2D eigenvalue weighted by molar-refractivity contribution is 0.340. The number of benzene rings is 6. The summed E-state index contributed by atoms with van der Waals surface area (Å²) in [7, 11) is 0. The van der Waals surface area contributed by atoms with Crippen LogP contribution in [0.5, 0.6) is 17.2 Å². The summed E-state index contributed by atoms with van der Waals surface area (Å²) in [6.07, 6.45) is 0. The van der Waals surface area contributed by atoms with Crippen LogP contribution >= 0.6 is 0 Å². The summed E-state index contributed by atoms with van der Waals surface area (Å²) in [6, 6.07) is 37.4. The normalized spacial score (nSPS) is 11.6. The molecule has 2 heterocycles. The lowest BCUT2D eigenvalue weighted by Gasteiger charge is -2.12. The van der Waals surface area contributed by atoms with E-state index in [0.717, 1.165) is 72.1 Å². The van der Waals surface area contributed by atoms with Gasteiger partial charge in [0.25, 0.3) is 5.56 Å². The molecular weight excluding hydrogens is 572 g/mol. The largest absolute Gasteiger partial charge is 0.508 e. The maximum Gasteiger partial charge on any atom is 0.264 e. The van der Waals surface area contributed by atoms with Crippen molar-refractivity contribution in [2.24, 2.45) is 0 Å². The number of aromatic nitrogens is 2. The number of fused-ring (bicyclic) bond motifs is 4. The third kappa shape index (κ3) is 4.41. The van der Waals surface area contributed by atoms with Crippen molar-refractivity contribution >= 4 is 38.2 Å². The van der Waals surface area contributed by atoms with Crippen LogP contribution in [-0.2, 0) is 0 Å². The average molecular weight is 603 g/mol. The number of ether oxygens (including phenoxy) is 2. The fourth-order valence-electron chi connectivity index (χ4n) is 6.54. The SMILES string of the molecule is CCOc1ccc(-c2ccc3c4c2cccc4c(=O)n2c4cc(-c5ccc(O)cc5)cc(-c5ccc(OCC)cc5)c4nc32)cc1. The van der Waals surface area contributed by atoms with Gasteiger partial charge in [-0.25, -0.2) is 4.98 Å². The third-order valence-corrected chi connectivity index (χ3v) is 8.63. The Bertz CT molecular complexity index is 2450. The molecule has 0 atom stereocenters. The van der Waals surface area contributed by atoms with Gasteiger partial charge in [0, 0.05) is 21.7 Å². The molecule has 0 aliphatic heterocycles. The number of rotatable bonds is 7. The Kier molecular flexibility index (Phi) is 6.57. The quantitative estimate of drug-likeness (QED) is 0.197. The molecule has 0 spiro atoms. The third-order valence-electron chi connectivity index (χ3n) is 8.63. The topological polar surface area (TPSA) is 73.1 Å². The van der Waals surface area contributed by atoms with Crippen LogP contribution in [0.1, 0.15) is 13.8 Å². The van der Waals surface area contributed by atoms with Crippen LogP contribution < -0.4 is 15.0 Å². The van der Waals surface area contributed by atoms with E-state index in [9.17, 15) is 9.90 Å². The summed E-state index contributed by atoms with van der Waals surface area (Å²) in [4.78, 5) is 19.6. The highest BCUT2D eigenvalue weighted by Crippen LogP contribution is 2.39. The molecule has 0 saturated heterocycles. The van der Waals surface area contributed by atoms with Crippen LogP contribution in [0.2, 0.25) is 0 Å². The van der Waals surface area contributed by atoms with E-state index < -0.39 is 0 Å². The zero-order valence-corrected chi connectivity index (χ0v) is 25.5. The van der Waals surface area contributed by atoms with Gasteiger partial charge in [0.1, 0.15) is 22.9 Å². The summed E-state index contributed by atoms with van der Waals surface area (Å²) < 4.78 is 13.1. The highest BCUT2D eigenvalue weighted by atomic mass is 16.5. The minimum absolute atomic E-state index is 0.111. The van der Waals surface area contributed by atoms with E-state index in [0.29, 0.717) is 24.2 Å². The first-order chi connectivity index (χ1) is 22.5. The maximum atomic E-state index is 14.4. The molecule has 6 nitrogen and oxygen atoms in total. The number of aromatic hydroxyl groups is 1. The Morgan fingerprint density at radius 1 is 0.630 bits per heavy atom. The molecule has 0 bridgehead atoms. The standard InChI is InChI=1S/C40H30N2O4/c1-3-45-29-16-10-25(11-17-29)31-20-21-33-37-32(31)6-5-7-34(37)40(44)42-36-23-27(24-8-14-28(43)15-9-24)22-35(38(36)41-39(33)42)26-12-18-30(19-13-26)46-4-2/h5-23,43H,3-4H2,1-2H3. The molecule has 46 heavy (non-hydrogen) atoms. The molecule has 6 aromatic carbocycles. The smallest absolute Gasteiger partial charge is 0.264 e. The summed E-state index contributed by atoms with van der Waals surface area (Å²) in [5.74, 6) is 1.82. The van der Waals surface area contributed by atoms with Crippen molar-refractivity contribution in [3.05, 3.63) is 126 Å². The fourth-order valence-corrected chi connectivity index (χ4v) is 6.54. The van der Waals surface area contributed by atoms with Crippen LogP contribution in [-0.4, -0.2) is 27.7 Å². The monoisotopic (exact) mass is 602 g/mol. The number of hydrogen-bond donors (Lipinski definition) is 1. The Balaban J connectivity index is 1.42. The molecule has 6 heteroatoms. The van der Waals surface area contributed by atoms with Crippen molar-refractivity contribution in [1.29, 1.82) is 0 Å². The molecule has 0 fully saturated rings. The molecule has 2 aromatic heterocycles. The van der Waals surface area contributed by atoms with E-state index in [1.54, 1.807) is 16.5 Å². The number of nitrogens with zero attached hydrogens (tertiary/aromatic N) is 2. The lowest BCUT2D eigenvalue weighted by atomic mass is 9.94. The minimum Gasteiger partial charge on any atom is -0.508 e. The predicted octanol–water partition coefficient (Wildman–Crippen LogP) is 9.10. The molecule has 0 saturated carbocycles. The van der Waals surface area contributed by atoms with Crippen molar-refractivity contribution in [3.8, 4) is 50.6 Å². The second-order valence-corrected chi connectivity index (χ2v) is 11.3. The number of hydrogen-bond acceptors (Lipinski definition) is 5. The molecule has 0 aliphatic rings. The second kappa shape index (κ2) is 10.9. The molecule has 1 N–H and O–H groups in total. The Morgan fingerprint density at radius 3 is 1.89 bits per heavy atom. The Hall–Kier alpha value is -5.88. The van der Waals surface area contributed by atoms with Crippen LogP contribution in [0.15, 0.2) is 120 Å². The van der Waals surface area contributed by atoms with Gasteiger partial charge in [0.05, 0.1) is 24.2 Å².